The molecule has 0 aliphatic heterocycles. The van der Waals surface area contributed by atoms with Gasteiger partial charge >= 0.3 is 11.8 Å². The second-order valence-corrected chi connectivity index (χ2v) is 5.50. The Morgan fingerprint density at radius 2 is 1.68 bits per heavy atom. The Kier molecular flexibility index (Phi) is 6.65. The highest BCUT2D eigenvalue weighted by Crippen LogP contribution is 2.09. The second kappa shape index (κ2) is 9.17. The van der Waals surface area contributed by atoms with Crippen LogP contribution < -0.4 is 10.7 Å². The Morgan fingerprint density at radius 1 is 1.00 bits per heavy atom. The molecule has 0 saturated carbocycles. The Morgan fingerprint density at radius 3 is 2.32 bits per heavy atom. The fraction of sp³-hybridized carbons (Fsp3) is 0.150. The van der Waals surface area contributed by atoms with Crippen LogP contribution in [0, 0.1) is 0 Å². The fourth-order valence-electron chi connectivity index (χ4n) is 2.10. The first kappa shape index (κ1) is 18.1. The molecule has 5 heteroatoms. The van der Waals surface area contributed by atoms with Crippen molar-refractivity contribution in [3.8, 4) is 0 Å². The normalized spacial score (nSPS) is 11.4. The number of aryl methyl sites for hydroxylation is 1. The number of hydrogen-bond acceptors (Lipinski definition) is 3. The number of allylic oxidation sites excluding steroid dienone is 1. The van der Waals surface area contributed by atoms with Crippen molar-refractivity contribution < 1.29 is 9.59 Å². The predicted octanol–water partition coefficient (Wildman–Crippen LogP) is 3.39. The lowest BCUT2D eigenvalue weighted by atomic mass is 10.1. The summed E-state index contributed by atoms with van der Waals surface area (Å²) in [5, 5.41) is 6.34. The molecule has 0 unspecified atom stereocenters. The average molecular weight is 335 g/mol. The standard InChI is InChI=1S/C20H21N3O2/c1-3-16-9-11-18(12-10-16)22-19(24)20(25)23-21-14-15(2)13-17-7-5-4-6-8-17/h4-14H,3H2,1-2H3,(H,22,24)(H,23,25). The molecule has 2 amide bonds. The lowest BCUT2D eigenvalue weighted by Gasteiger charge is -2.04. The Labute approximate surface area is 147 Å². The Bertz CT molecular complexity index is 778. The molecule has 0 saturated heterocycles. The SMILES string of the molecule is CCc1ccc(NC(=O)C(=O)NN=CC(C)=Cc2ccccc2)cc1. The molecule has 0 aliphatic carbocycles. The average Bonchev–Trinajstić information content (AvgIpc) is 2.63. The number of hydrogen-bond donors (Lipinski definition) is 2. The summed E-state index contributed by atoms with van der Waals surface area (Å²) < 4.78 is 0. The van der Waals surface area contributed by atoms with Gasteiger partial charge in [-0.25, -0.2) is 5.43 Å². The van der Waals surface area contributed by atoms with Gasteiger partial charge in [0.05, 0.1) is 6.21 Å². The van der Waals surface area contributed by atoms with Gasteiger partial charge in [0.2, 0.25) is 0 Å². The molecule has 0 spiro atoms. The maximum atomic E-state index is 11.8. The van der Waals surface area contributed by atoms with E-state index in [0.717, 1.165) is 23.1 Å². The van der Waals surface area contributed by atoms with E-state index in [0.29, 0.717) is 5.69 Å². The molecule has 0 aromatic heterocycles. The monoisotopic (exact) mass is 335 g/mol. The molecule has 5 nitrogen and oxygen atoms in total. The van der Waals surface area contributed by atoms with Crippen LogP contribution in [0.4, 0.5) is 5.69 Å². The quantitative estimate of drug-likeness (QED) is 0.499. The summed E-state index contributed by atoms with van der Waals surface area (Å²) in [5.74, 6) is -1.57. The minimum absolute atomic E-state index is 0.571. The molecular formula is C20H21N3O2. The molecule has 2 aromatic carbocycles. The second-order valence-electron chi connectivity index (χ2n) is 5.50. The van der Waals surface area contributed by atoms with E-state index >= 15 is 0 Å². The van der Waals surface area contributed by atoms with Gasteiger partial charge in [-0.05, 0) is 42.2 Å². The number of anilines is 1. The van der Waals surface area contributed by atoms with Crippen LogP contribution in [0.3, 0.4) is 0 Å². The van der Waals surface area contributed by atoms with Crippen molar-refractivity contribution in [3.63, 3.8) is 0 Å². The molecule has 0 atom stereocenters. The van der Waals surface area contributed by atoms with Gasteiger partial charge in [-0.1, -0.05) is 55.5 Å². The van der Waals surface area contributed by atoms with Gasteiger partial charge in [0.15, 0.2) is 0 Å². The number of benzene rings is 2. The van der Waals surface area contributed by atoms with Crippen LogP contribution in [0.15, 0.2) is 65.3 Å². The van der Waals surface area contributed by atoms with Crippen LogP contribution in [0.25, 0.3) is 6.08 Å². The summed E-state index contributed by atoms with van der Waals surface area (Å²) in [6.07, 6.45) is 4.33. The van der Waals surface area contributed by atoms with E-state index in [1.165, 1.54) is 6.21 Å². The number of rotatable bonds is 5. The lowest BCUT2D eigenvalue weighted by molar-refractivity contribution is -0.136. The first-order valence-corrected chi connectivity index (χ1v) is 8.05. The van der Waals surface area contributed by atoms with Crippen molar-refractivity contribution in [1.29, 1.82) is 0 Å². The summed E-state index contributed by atoms with van der Waals surface area (Å²) in [7, 11) is 0. The number of amides is 2. The zero-order valence-corrected chi connectivity index (χ0v) is 14.3. The predicted molar refractivity (Wildman–Crippen MR) is 101 cm³/mol. The van der Waals surface area contributed by atoms with E-state index in [9.17, 15) is 9.59 Å². The van der Waals surface area contributed by atoms with Gasteiger partial charge in [-0.2, -0.15) is 5.10 Å². The topological polar surface area (TPSA) is 70.6 Å². The number of nitrogens with zero attached hydrogens (tertiary/aromatic N) is 1. The number of carbonyl (C=O) groups is 2. The molecule has 0 heterocycles. The summed E-state index contributed by atoms with van der Waals surface area (Å²) in [5.41, 5.74) is 5.83. The highest BCUT2D eigenvalue weighted by atomic mass is 16.2. The highest BCUT2D eigenvalue weighted by Gasteiger charge is 2.12. The van der Waals surface area contributed by atoms with Crippen LogP contribution in [-0.4, -0.2) is 18.0 Å². The summed E-state index contributed by atoms with van der Waals surface area (Å²) in [6.45, 7) is 3.91. The van der Waals surface area contributed by atoms with Crippen molar-refractivity contribution >= 4 is 29.8 Å². The minimum atomic E-state index is -0.816. The van der Waals surface area contributed by atoms with Crippen molar-refractivity contribution in [3.05, 3.63) is 71.3 Å². The largest absolute Gasteiger partial charge is 0.329 e. The van der Waals surface area contributed by atoms with E-state index in [-0.39, 0.29) is 0 Å². The third-order valence-electron chi connectivity index (χ3n) is 3.45. The molecular weight excluding hydrogens is 314 g/mol. The molecule has 25 heavy (non-hydrogen) atoms. The van der Waals surface area contributed by atoms with Crippen LogP contribution in [0.5, 0.6) is 0 Å². The van der Waals surface area contributed by atoms with Crippen LogP contribution in [-0.2, 0) is 16.0 Å². The van der Waals surface area contributed by atoms with E-state index in [1.54, 1.807) is 12.1 Å². The third-order valence-corrected chi connectivity index (χ3v) is 3.45. The Balaban J connectivity index is 1.86. The maximum absolute atomic E-state index is 11.8. The molecule has 128 valence electrons. The molecule has 0 radical (unpaired) electrons. The smallest absolute Gasteiger partial charge is 0.318 e. The van der Waals surface area contributed by atoms with Gasteiger partial charge in [-0.15, -0.1) is 0 Å². The van der Waals surface area contributed by atoms with Gasteiger partial charge in [-0.3, -0.25) is 9.59 Å². The summed E-state index contributed by atoms with van der Waals surface area (Å²) in [6, 6.07) is 17.1. The number of hydrazone groups is 1. The van der Waals surface area contributed by atoms with Gasteiger partial charge in [0.25, 0.3) is 0 Å². The van der Waals surface area contributed by atoms with Crippen LogP contribution >= 0.6 is 0 Å². The van der Waals surface area contributed by atoms with E-state index in [2.05, 4.69) is 15.8 Å². The lowest BCUT2D eigenvalue weighted by Crippen LogP contribution is -2.32. The zero-order chi connectivity index (χ0) is 18.1. The molecule has 0 aliphatic rings. The van der Waals surface area contributed by atoms with E-state index in [1.807, 2.05) is 62.4 Å². The van der Waals surface area contributed by atoms with Crippen molar-refractivity contribution in [2.24, 2.45) is 5.10 Å². The summed E-state index contributed by atoms with van der Waals surface area (Å²) in [4.78, 5) is 23.6. The van der Waals surface area contributed by atoms with Crippen molar-refractivity contribution in [2.75, 3.05) is 5.32 Å². The third kappa shape index (κ3) is 6.06. The van der Waals surface area contributed by atoms with Gasteiger partial charge in [0.1, 0.15) is 0 Å². The minimum Gasteiger partial charge on any atom is -0.318 e. The molecule has 2 aromatic rings. The van der Waals surface area contributed by atoms with Crippen LogP contribution in [0.1, 0.15) is 25.0 Å². The maximum Gasteiger partial charge on any atom is 0.329 e. The van der Waals surface area contributed by atoms with Crippen molar-refractivity contribution in [2.45, 2.75) is 20.3 Å². The van der Waals surface area contributed by atoms with Crippen molar-refractivity contribution in [1.82, 2.24) is 5.43 Å². The molecule has 0 bridgehead atoms. The molecule has 2 rings (SSSR count). The van der Waals surface area contributed by atoms with Gasteiger partial charge < -0.3 is 5.32 Å². The number of nitrogens with one attached hydrogen (secondary N) is 2. The molecule has 2 N–H and O–H groups in total. The first-order valence-electron chi connectivity index (χ1n) is 8.05. The van der Waals surface area contributed by atoms with Crippen LogP contribution in [0.2, 0.25) is 0 Å². The number of carbonyl (C=O) groups excluding carboxylic acids is 2. The Hall–Kier alpha value is -3.21. The molecule has 0 fully saturated rings. The highest BCUT2D eigenvalue weighted by molar-refractivity contribution is 6.39. The van der Waals surface area contributed by atoms with Gasteiger partial charge in [0, 0.05) is 5.69 Å². The zero-order valence-electron chi connectivity index (χ0n) is 14.3. The van der Waals surface area contributed by atoms with E-state index in [4.69, 9.17) is 0 Å². The first-order chi connectivity index (χ1) is 12.1. The van der Waals surface area contributed by atoms with E-state index < -0.39 is 11.8 Å². The summed E-state index contributed by atoms with van der Waals surface area (Å²) >= 11 is 0. The fourth-order valence-corrected chi connectivity index (χ4v) is 2.10.